The molecule has 1 aromatic heterocycles. The summed E-state index contributed by atoms with van der Waals surface area (Å²) < 4.78 is 13.2. The summed E-state index contributed by atoms with van der Waals surface area (Å²) in [7, 11) is 0. The molecule has 0 N–H and O–H groups in total. The molecule has 3 heterocycles. The Morgan fingerprint density at radius 1 is 0.969 bits per heavy atom. The van der Waals surface area contributed by atoms with Gasteiger partial charge in [-0.15, -0.1) is 0 Å². The van der Waals surface area contributed by atoms with Crippen LogP contribution in [0.4, 0.5) is 10.3 Å². The maximum Gasteiger partial charge on any atom is 0.226 e. The summed E-state index contributed by atoms with van der Waals surface area (Å²) in [6.45, 7) is 7.22. The van der Waals surface area contributed by atoms with Crippen LogP contribution in [0, 0.1) is 25.6 Å². The summed E-state index contributed by atoms with van der Waals surface area (Å²) in [5, 5.41) is 1.10. The molecule has 2 saturated heterocycles. The number of carbonyl (C=O) groups is 1. The Bertz CT molecular complexity index is 1140. The van der Waals surface area contributed by atoms with E-state index in [1.165, 1.54) is 17.7 Å². The van der Waals surface area contributed by atoms with Gasteiger partial charge >= 0.3 is 0 Å². The Balaban J connectivity index is 1.21. The van der Waals surface area contributed by atoms with Crippen molar-refractivity contribution in [2.45, 2.75) is 39.0 Å². The molecule has 0 spiro atoms. The summed E-state index contributed by atoms with van der Waals surface area (Å²) in [5.74, 6) is 1.18. The van der Waals surface area contributed by atoms with Crippen LogP contribution in [0.15, 0.2) is 42.5 Å². The van der Waals surface area contributed by atoms with Gasteiger partial charge in [-0.3, -0.25) is 4.79 Å². The lowest BCUT2D eigenvalue weighted by atomic mass is 9.95. The molecule has 1 atom stereocenters. The van der Waals surface area contributed by atoms with E-state index in [2.05, 4.69) is 30.0 Å². The molecular weight excluding hydrogens is 403 g/mol. The minimum Gasteiger partial charge on any atom is -0.342 e. The molecule has 32 heavy (non-hydrogen) atoms. The number of halogens is 1. The van der Waals surface area contributed by atoms with Gasteiger partial charge < -0.3 is 9.80 Å². The molecule has 1 unspecified atom stereocenters. The van der Waals surface area contributed by atoms with Crippen molar-refractivity contribution in [2.24, 2.45) is 5.92 Å². The summed E-state index contributed by atoms with van der Waals surface area (Å²) in [4.78, 5) is 26.9. The van der Waals surface area contributed by atoms with Crippen molar-refractivity contribution in [1.82, 2.24) is 14.9 Å². The number of nitrogens with zero attached hydrogens (tertiary/aromatic N) is 4. The van der Waals surface area contributed by atoms with Crippen LogP contribution in [0.2, 0.25) is 0 Å². The second-order valence-electron chi connectivity index (χ2n) is 9.21. The number of benzene rings is 2. The molecule has 2 aromatic carbocycles. The number of carbonyl (C=O) groups excluding carboxylic acids is 1. The Kier molecular flexibility index (Phi) is 5.53. The van der Waals surface area contributed by atoms with Crippen molar-refractivity contribution in [1.29, 1.82) is 0 Å². The maximum atomic E-state index is 13.2. The van der Waals surface area contributed by atoms with Gasteiger partial charge in [0.25, 0.3) is 0 Å². The highest BCUT2D eigenvalue weighted by Crippen LogP contribution is 2.31. The highest BCUT2D eigenvalue weighted by atomic mass is 19.1. The molecule has 2 fully saturated rings. The number of fused-ring (bicyclic) bond motifs is 1. The average molecular weight is 433 g/mol. The number of hydrogen-bond acceptors (Lipinski definition) is 4. The normalized spacial score (nSPS) is 19.7. The highest BCUT2D eigenvalue weighted by Gasteiger charge is 2.33. The summed E-state index contributed by atoms with van der Waals surface area (Å²) in [6.07, 6.45) is 2.59. The van der Waals surface area contributed by atoms with Crippen molar-refractivity contribution in [3.63, 3.8) is 0 Å². The number of likely N-dealkylation sites (tertiary alicyclic amines) is 1. The van der Waals surface area contributed by atoms with Gasteiger partial charge in [0.05, 0.1) is 11.2 Å². The fourth-order valence-electron chi connectivity index (χ4n) is 5.07. The number of hydrogen-bond donors (Lipinski definition) is 0. The summed E-state index contributed by atoms with van der Waals surface area (Å²) in [5.41, 5.74) is 4.30. The lowest BCUT2D eigenvalue weighted by Crippen LogP contribution is -2.42. The lowest BCUT2D eigenvalue weighted by molar-refractivity contribution is -0.135. The molecule has 0 radical (unpaired) electrons. The van der Waals surface area contributed by atoms with Crippen LogP contribution in [-0.4, -0.2) is 47.0 Å². The smallest absolute Gasteiger partial charge is 0.226 e. The SMILES string of the molecule is Cc1ccc2nc(N3CCC(C(=O)N4CCC(c5ccc(F)cc5)C4)CC3)nc(C)c2c1. The number of anilines is 1. The first kappa shape index (κ1) is 20.9. The quantitative estimate of drug-likeness (QED) is 0.606. The molecule has 2 aliphatic rings. The Hall–Kier alpha value is -3.02. The first-order valence-corrected chi connectivity index (χ1v) is 11.5. The zero-order valence-corrected chi connectivity index (χ0v) is 18.7. The maximum absolute atomic E-state index is 13.2. The van der Waals surface area contributed by atoms with E-state index in [1.54, 1.807) is 0 Å². The number of piperidine rings is 1. The van der Waals surface area contributed by atoms with Crippen molar-refractivity contribution < 1.29 is 9.18 Å². The van der Waals surface area contributed by atoms with E-state index >= 15 is 0 Å². The van der Waals surface area contributed by atoms with Crippen molar-refractivity contribution in [2.75, 3.05) is 31.1 Å². The fourth-order valence-corrected chi connectivity index (χ4v) is 5.07. The third-order valence-corrected chi connectivity index (χ3v) is 7.00. The highest BCUT2D eigenvalue weighted by molar-refractivity contribution is 5.83. The predicted octanol–water partition coefficient (Wildman–Crippen LogP) is 4.62. The van der Waals surface area contributed by atoms with Gasteiger partial charge in [0.1, 0.15) is 5.82 Å². The van der Waals surface area contributed by atoms with Gasteiger partial charge in [-0.2, -0.15) is 0 Å². The van der Waals surface area contributed by atoms with Gasteiger partial charge in [-0.05, 0) is 62.9 Å². The van der Waals surface area contributed by atoms with Gasteiger partial charge in [0, 0.05) is 43.4 Å². The van der Waals surface area contributed by atoms with Crippen LogP contribution in [0.1, 0.15) is 42.0 Å². The Morgan fingerprint density at radius 3 is 2.47 bits per heavy atom. The Labute approximate surface area is 188 Å². The van der Waals surface area contributed by atoms with Crippen molar-refractivity contribution in [3.8, 4) is 0 Å². The molecule has 5 rings (SSSR count). The van der Waals surface area contributed by atoms with Crippen LogP contribution < -0.4 is 4.90 Å². The molecule has 6 heteroatoms. The van der Waals surface area contributed by atoms with E-state index in [-0.39, 0.29) is 17.6 Å². The first-order chi connectivity index (χ1) is 15.5. The number of amides is 1. The molecular formula is C26H29FN4O. The average Bonchev–Trinajstić information content (AvgIpc) is 3.30. The van der Waals surface area contributed by atoms with E-state index in [0.717, 1.165) is 73.6 Å². The third kappa shape index (κ3) is 4.06. The fraction of sp³-hybridized carbons (Fsp3) is 0.423. The molecule has 0 bridgehead atoms. The van der Waals surface area contributed by atoms with Crippen molar-refractivity contribution in [3.05, 3.63) is 65.1 Å². The van der Waals surface area contributed by atoms with Crippen LogP contribution in [0.3, 0.4) is 0 Å². The van der Waals surface area contributed by atoms with Gasteiger partial charge in [-0.25, -0.2) is 14.4 Å². The molecule has 1 amide bonds. The zero-order valence-electron chi connectivity index (χ0n) is 18.7. The van der Waals surface area contributed by atoms with Crippen LogP contribution >= 0.6 is 0 Å². The largest absolute Gasteiger partial charge is 0.342 e. The van der Waals surface area contributed by atoms with Gasteiger partial charge in [0.15, 0.2) is 0 Å². The monoisotopic (exact) mass is 432 g/mol. The number of aromatic nitrogens is 2. The lowest BCUT2D eigenvalue weighted by Gasteiger charge is -2.33. The predicted molar refractivity (Wildman–Crippen MR) is 124 cm³/mol. The third-order valence-electron chi connectivity index (χ3n) is 7.00. The van der Waals surface area contributed by atoms with Crippen LogP contribution in [-0.2, 0) is 4.79 Å². The van der Waals surface area contributed by atoms with E-state index < -0.39 is 0 Å². The van der Waals surface area contributed by atoms with E-state index in [0.29, 0.717) is 5.92 Å². The van der Waals surface area contributed by atoms with E-state index in [1.807, 2.05) is 24.0 Å². The summed E-state index contributed by atoms with van der Waals surface area (Å²) >= 11 is 0. The number of rotatable bonds is 3. The first-order valence-electron chi connectivity index (χ1n) is 11.5. The molecule has 5 nitrogen and oxygen atoms in total. The molecule has 2 aliphatic heterocycles. The van der Waals surface area contributed by atoms with Gasteiger partial charge in [-0.1, -0.05) is 23.8 Å². The van der Waals surface area contributed by atoms with E-state index in [9.17, 15) is 9.18 Å². The van der Waals surface area contributed by atoms with Crippen LogP contribution in [0.5, 0.6) is 0 Å². The summed E-state index contributed by atoms with van der Waals surface area (Å²) in [6, 6.07) is 13.0. The van der Waals surface area contributed by atoms with E-state index in [4.69, 9.17) is 9.97 Å². The second-order valence-corrected chi connectivity index (χ2v) is 9.21. The second kappa shape index (κ2) is 8.49. The van der Waals surface area contributed by atoms with Crippen molar-refractivity contribution >= 4 is 22.8 Å². The van der Waals surface area contributed by atoms with Gasteiger partial charge in [0.2, 0.25) is 11.9 Å². The minimum absolute atomic E-state index is 0.0578. The molecule has 0 aliphatic carbocycles. The zero-order chi connectivity index (χ0) is 22.2. The molecule has 166 valence electrons. The number of aryl methyl sites for hydroxylation is 2. The topological polar surface area (TPSA) is 49.3 Å². The molecule has 0 saturated carbocycles. The van der Waals surface area contributed by atoms with Crippen LogP contribution in [0.25, 0.3) is 10.9 Å². The Morgan fingerprint density at radius 2 is 1.72 bits per heavy atom. The standard InChI is InChI=1S/C26H29FN4O/c1-17-3-8-24-23(15-17)18(2)28-26(29-24)30-12-9-20(10-13-30)25(32)31-14-11-21(16-31)19-4-6-22(27)7-5-19/h3-8,15,20-21H,9-14,16H2,1-2H3. The molecule has 3 aromatic rings. The minimum atomic E-state index is -0.216.